The monoisotopic (exact) mass is 585 g/mol. The zero-order valence-electron chi connectivity index (χ0n) is 22.6. The van der Waals surface area contributed by atoms with Crippen molar-refractivity contribution in [2.75, 3.05) is 24.7 Å². The normalized spacial score (nSPS) is 16.5. The second-order valence-corrected chi connectivity index (χ2v) is 12.2. The van der Waals surface area contributed by atoms with E-state index in [2.05, 4.69) is 32.7 Å². The van der Waals surface area contributed by atoms with Crippen LogP contribution in [-0.4, -0.2) is 42.3 Å². The van der Waals surface area contributed by atoms with E-state index in [-0.39, 0.29) is 28.6 Å². The third-order valence-corrected chi connectivity index (χ3v) is 8.45. The average Bonchev–Trinajstić information content (AvgIpc) is 3.22. The molecule has 3 heterocycles. The van der Waals surface area contributed by atoms with Crippen molar-refractivity contribution in [1.29, 1.82) is 0 Å². The zero-order valence-corrected chi connectivity index (χ0v) is 23.4. The fraction of sp³-hybridized carbons (Fsp3) is 0.345. The molecule has 8 nitrogen and oxygen atoms in total. The molecular formula is C29H30F3N5O3S. The number of hydrogen-bond acceptors (Lipinski definition) is 7. The molecule has 0 amide bonds. The highest BCUT2D eigenvalue weighted by atomic mass is 32.2. The number of hydrogen-bond donors (Lipinski definition) is 2. The number of alkyl halides is 3. The first-order chi connectivity index (χ1) is 19.5. The van der Waals surface area contributed by atoms with Crippen molar-refractivity contribution in [2.45, 2.75) is 49.7 Å². The Morgan fingerprint density at radius 2 is 1.83 bits per heavy atom. The number of nitrogens with one attached hydrogen (secondary N) is 2. The van der Waals surface area contributed by atoms with Gasteiger partial charge < -0.3 is 10.6 Å². The molecule has 216 valence electrons. The Bertz CT molecular complexity index is 1750. The van der Waals surface area contributed by atoms with Gasteiger partial charge in [-0.3, -0.25) is 9.36 Å². The Morgan fingerprint density at radius 1 is 1.07 bits per heavy atom. The minimum absolute atomic E-state index is 0.122. The van der Waals surface area contributed by atoms with Crippen molar-refractivity contribution < 1.29 is 21.6 Å². The lowest BCUT2D eigenvalue weighted by molar-refractivity contribution is -0.137. The molecule has 12 heteroatoms. The van der Waals surface area contributed by atoms with E-state index in [1.54, 1.807) is 6.92 Å². The molecule has 0 bridgehead atoms. The Balaban J connectivity index is 1.53. The standard InChI is InChI=1S/C29H30F3N5O3S/c1-3-37-26-20(14-24(27(37)38)23-15-22(41(2,39)40)11-12-25(23)29(30,31)32)17-34-28(36-26)35-21-9-7-18(8-10-21)19-6-4-5-13-33-16-19/h7-12,14-15,17,19,33H,3-6,13,16H2,1-2H3,(H,34,35,36). The predicted octanol–water partition coefficient (Wildman–Crippen LogP) is 5.50. The van der Waals surface area contributed by atoms with Gasteiger partial charge >= 0.3 is 6.18 Å². The molecular weight excluding hydrogens is 555 g/mol. The molecule has 41 heavy (non-hydrogen) atoms. The molecule has 2 aromatic heterocycles. The highest BCUT2D eigenvalue weighted by molar-refractivity contribution is 7.90. The first kappa shape index (κ1) is 28.7. The number of fused-ring (bicyclic) bond motifs is 1. The summed E-state index contributed by atoms with van der Waals surface area (Å²) in [5.41, 5.74) is -0.383. The van der Waals surface area contributed by atoms with Crippen molar-refractivity contribution in [1.82, 2.24) is 19.9 Å². The molecule has 2 aromatic carbocycles. The van der Waals surface area contributed by atoms with Gasteiger partial charge in [0.2, 0.25) is 5.95 Å². The second kappa shape index (κ2) is 11.2. The number of aryl methyl sites for hydroxylation is 1. The summed E-state index contributed by atoms with van der Waals surface area (Å²) in [5.74, 6) is 0.679. The van der Waals surface area contributed by atoms with Gasteiger partial charge in [-0.15, -0.1) is 0 Å². The van der Waals surface area contributed by atoms with Gasteiger partial charge in [0, 0.05) is 47.7 Å². The summed E-state index contributed by atoms with van der Waals surface area (Å²) in [4.78, 5) is 22.0. The van der Waals surface area contributed by atoms with Gasteiger partial charge in [0.1, 0.15) is 5.65 Å². The molecule has 4 aromatic rings. The van der Waals surface area contributed by atoms with Gasteiger partial charge in [-0.05, 0) is 74.2 Å². The van der Waals surface area contributed by atoms with Crippen LogP contribution in [0.25, 0.3) is 22.2 Å². The van der Waals surface area contributed by atoms with Crippen molar-refractivity contribution >= 4 is 32.5 Å². The Labute approximate surface area is 235 Å². The lowest BCUT2D eigenvalue weighted by Crippen LogP contribution is -2.23. The first-order valence-electron chi connectivity index (χ1n) is 13.4. The number of sulfone groups is 1. The molecule has 1 unspecified atom stereocenters. The molecule has 0 spiro atoms. The maximum atomic E-state index is 13.9. The number of nitrogens with zero attached hydrogens (tertiary/aromatic N) is 3. The number of aromatic nitrogens is 3. The van der Waals surface area contributed by atoms with E-state index in [0.717, 1.165) is 43.6 Å². The highest BCUT2D eigenvalue weighted by Crippen LogP contribution is 2.38. The van der Waals surface area contributed by atoms with E-state index in [9.17, 15) is 26.4 Å². The Kier molecular flexibility index (Phi) is 7.89. The number of anilines is 2. The van der Waals surface area contributed by atoms with Gasteiger partial charge in [-0.25, -0.2) is 13.4 Å². The highest BCUT2D eigenvalue weighted by Gasteiger charge is 2.35. The molecule has 2 N–H and O–H groups in total. The summed E-state index contributed by atoms with van der Waals surface area (Å²) in [6, 6.07) is 11.8. The van der Waals surface area contributed by atoms with Crippen LogP contribution in [0.5, 0.6) is 0 Å². The Hall–Kier alpha value is -3.77. The molecule has 0 aliphatic carbocycles. The smallest absolute Gasteiger partial charge is 0.324 e. The Morgan fingerprint density at radius 3 is 2.51 bits per heavy atom. The fourth-order valence-corrected chi connectivity index (χ4v) is 5.85. The molecule has 5 rings (SSSR count). The van der Waals surface area contributed by atoms with Gasteiger partial charge in [-0.1, -0.05) is 18.6 Å². The van der Waals surface area contributed by atoms with Crippen LogP contribution in [0.1, 0.15) is 43.2 Å². The van der Waals surface area contributed by atoms with Crippen molar-refractivity contribution in [2.24, 2.45) is 0 Å². The van der Waals surface area contributed by atoms with Gasteiger partial charge in [0.25, 0.3) is 5.56 Å². The number of benzene rings is 2. The molecule has 1 aliphatic rings. The first-order valence-corrected chi connectivity index (χ1v) is 15.2. The SMILES string of the molecule is CCn1c(=O)c(-c2cc(S(C)(=O)=O)ccc2C(F)(F)F)cc2cnc(Nc3ccc(C4CCCCNC4)cc3)nc21. The van der Waals surface area contributed by atoms with Crippen LogP contribution in [-0.2, 0) is 22.6 Å². The average molecular weight is 586 g/mol. The number of rotatable bonds is 6. The summed E-state index contributed by atoms with van der Waals surface area (Å²) in [6.07, 6.45) is 1.01. The lowest BCUT2D eigenvalue weighted by atomic mass is 9.94. The third-order valence-electron chi connectivity index (χ3n) is 7.34. The van der Waals surface area contributed by atoms with Gasteiger partial charge in [0.05, 0.1) is 10.5 Å². The maximum absolute atomic E-state index is 13.9. The molecule has 1 saturated heterocycles. The minimum Gasteiger partial charge on any atom is -0.324 e. The van der Waals surface area contributed by atoms with Crippen molar-refractivity contribution in [3.8, 4) is 11.1 Å². The minimum atomic E-state index is -4.81. The van der Waals surface area contributed by atoms with E-state index >= 15 is 0 Å². The van der Waals surface area contributed by atoms with E-state index < -0.39 is 32.7 Å². The topological polar surface area (TPSA) is 106 Å². The van der Waals surface area contributed by atoms with Crippen LogP contribution in [0, 0.1) is 0 Å². The number of pyridine rings is 1. The van der Waals surface area contributed by atoms with Crippen LogP contribution < -0.4 is 16.2 Å². The van der Waals surface area contributed by atoms with E-state index in [4.69, 9.17) is 0 Å². The molecule has 1 atom stereocenters. The van der Waals surface area contributed by atoms with Crippen LogP contribution in [0.15, 0.2) is 64.4 Å². The number of halogens is 3. The summed E-state index contributed by atoms with van der Waals surface area (Å²) in [5, 5.41) is 6.95. The predicted molar refractivity (Wildman–Crippen MR) is 152 cm³/mol. The molecule has 0 radical (unpaired) electrons. The summed E-state index contributed by atoms with van der Waals surface area (Å²) in [6.45, 7) is 3.78. The van der Waals surface area contributed by atoms with Crippen LogP contribution in [0.2, 0.25) is 0 Å². The summed E-state index contributed by atoms with van der Waals surface area (Å²) in [7, 11) is -3.83. The van der Waals surface area contributed by atoms with Crippen LogP contribution >= 0.6 is 0 Å². The molecule has 1 aliphatic heterocycles. The van der Waals surface area contributed by atoms with E-state index in [0.29, 0.717) is 17.4 Å². The van der Waals surface area contributed by atoms with Gasteiger partial charge in [0.15, 0.2) is 9.84 Å². The van der Waals surface area contributed by atoms with Crippen molar-refractivity contribution in [3.63, 3.8) is 0 Å². The van der Waals surface area contributed by atoms with Gasteiger partial charge in [-0.2, -0.15) is 18.2 Å². The third kappa shape index (κ3) is 6.13. The van der Waals surface area contributed by atoms with Crippen LogP contribution in [0.4, 0.5) is 24.8 Å². The summed E-state index contributed by atoms with van der Waals surface area (Å²) >= 11 is 0. The molecule has 0 saturated carbocycles. The quantitative estimate of drug-likeness (QED) is 0.308. The lowest BCUT2D eigenvalue weighted by Gasteiger charge is -2.17. The second-order valence-electron chi connectivity index (χ2n) is 10.2. The van der Waals surface area contributed by atoms with E-state index in [1.807, 2.05) is 12.1 Å². The summed E-state index contributed by atoms with van der Waals surface area (Å²) < 4.78 is 67.2. The van der Waals surface area contributed by atoms with E-state index in [1.165, 1.54) is 35.2 Å². The maximum Gasteiger partial charge on any atom is 0.417 e. The molecule has 1 fully saturated rings. The van der Waals surface area contributed by atoms with Crippen molar-refractivity contribution in [3.05, 3.63) is 76.2 Å². The van der Waals surface area contributed by atoms with Crippen LogP contribution in [0.3, 0.4) is 0 Å². The zero-order chi connectivity index (χ0) is 29.4. The largest absolute Gasteiger partial charge is 0.417 e. The fourth-order valence-electron chi connectivity index (χ4n) is 5.20.